The highest BCUT2D eigenvalue weighted by atomic mass is 31.2. The van der Waals surface area contributed by atoms with Gasteiger partial charge in [-0.3, -0.25) is 37.3 Å². The quantitative estimate of drug-likeness (QED) is 0.0222. The highest BCUT2D eigenvalue weighted by Crippen LogP contribution is 2.45. The zero-order chi connectivity index (χ0) is 63.9. The highest BCUT2D eigenvalue weighted by Gasteiger charge is 2.30. The number of phosphoric ester groups is 2. The number of aliphatic hydroxyl groups is 1. The van der Waals surface area contributed by atoms with Crippen LogP contribution in [-0.4, -0.2) is 96.7 Å². The average molecular weight is 1270 g/mol. The van der Waals surface area contributed by atoms with E-state index in [1.807, 2.05) is 0 Å². The molecule has 0 aromatic carbocycles. The van der Waals surface area contributed by atoms with Gasteiger partial charge in [0.25, 0.3) is 0 Å². The molecule has 0 saturated heterocycles. The SMILES string of the molecule is CCC(C)CCCCCCCCC(=O)OC[C@H](COP(=O)(O)OC[C@H](O)COP(=O)(O)OC[C@@H](COC(=O)CCCCCCCCCCCCCCCCC(C)C)OC(=O)CCCCCCCCC(C)C)OC(=O)CCCCCCCCC(C)CC. The van der Waals surface area contributed by atoms with E-state index in [-0.39, 0.29) is 25.7 Å². The zero-order valence-electron chi connectivity index (χ0n) is 55.9. The molecular weight excluding hydrogens is 1140 g/mol. The Bertz CT molecular complexity index is 1720. The van der Waals surface area contributed by atoms with Gasteiger partial charge in [0.15, 0.2) is 12.2 Å². The first-order valence-corrected chi connectivity index (χ1v) is 37.8. The molecule has 0 bridgehead atoms. The monoisotopic (exact) mass is 1270 g/mol. The summed E-state index contributed by atoms with van der Waals surface area (Å²) >= 11 is 0. The Morgan fingerprint density at radius 2 is 0.558 bits per heavy atom. The number of carbonyl (C=O) groups excluding carboxylic acids is 4. The molecule has 7 atom stereocenters. The number of rotatable bonds is 64. The van der Waals surface area contributed by atoms with Gasteiger partial charge in [0.2, 0.25) is 0 Å². The van der Waals surface area contributed by atoms with Gasteiger partial charge in [-0.2, -0.15) is 0 Å². The second-order valence-corrected chi connectivity index (χ2v) is 28.6. The molecule has 86 heavy (non-hydrogen) atoms. The van der Waals surface area contributed by atoms with Gasteiger partial charge in [-0.25, -0.2) is 9.13 Å². The number of hydrogen-bond donors (Lipinski definition) is 3. The fourth-order valence-electron chi connectivity index (χ4n) is 9.89. The van der Waals surface area contributed by atoms with Crippen LogP contribution in [0.3, 0.4) is 0 Å². The minimum Gasteiger partial charge on any atom is -0.462 e. The molecule has 0 aliphatic heterocycles. The molecule has 19 heteroatoms. The van der Waals surface area contributed by atoms with Crippen molar-refractivity contribution in [3.63, 3.8) is 0 Å². The van der Waals surface area contributed by atoms with Gasteiger partial charge < -0.3 is 33.8 Å². The maximum absolute atomic E-state index is 13.0. The van der Waals surface area contributed by atoms with Crippen molar-refractivity contribution in [1.82, 2.24) is 0 Å². The summed E-state index contributed by atoms with van der Waals surface area (Å²) < 4.78 is 68.1. The molecule has 510 valence electrons. The molecule has 0 amide bonds. The van der Waals surface area contributed by atoms with Crippen LogP contribution in [0, 0.1) is 23.7 Å². The average Bonchev–Trinajstić information content (AvgIpc) is 3.49. The van der Waals surface area contributed by atoms with Crippen molar-refractivity contribution in [3.05, 3.63) is 0 Å². The molecule has 0 saturated carbocycles. The van der Waals surface area contributed by atoms with E-state index in [1.165, 1.54) is 122 Å². The molecule has 4 unspecified atom stereocenters. The van der Waals surface area contributed by atoms with Crippen molar-refractivity contribution in [3.8, 4) is 0 Å². The number of carbonyl (C=O) groups is 4. The van der Waals surface area contributed by atoms with Crippen molar-refractivity contribution in [1.29, 1.82) is 0 Å². The zero-order valence-corrected chi connectivity index (χ0v) is 57.7. The number of aliphatic hydroxyl groups excluding tert-OH is 1. The van der Waals surface area contributed by atoms with Gasteiger partial charge in [-0.15, -0.1) is 0 Å². The fraction of sp³-hybridized carbons (Fsp3) is 0.940. The predicted octanol–water partition coefficient (Wildman–Crippen LogP) is 18.5. The highest BCUT2D eigenvalue weighted by molar-refractivity contribution is 7.47. The minimum absolute atomic E-state index is 0.101. The van der Waals surface area contributed by atoms with E-state index in [0.29, 0.717) is 31.6 Å². The Labute approximate surface area is 524 Å². The lowest BCUT2D eigenvalue weighted by molar-refractivity contribution is -0.161. The largest absolute Gasteiger partial charge is 0.472 e. The summed E-state index contributed by atoms with van der Waals surface area (Å²) in [5, 5.41) is 10.5. The van der Waals surface area contributed by atoms with Crippen molar-refractivity contribution in [2.24, 2.45) is 23.7 Å². The molecular formula is C67H130O17P2. The Kier molecular flexibility index (Phi) is 55.7. The lowest BCUT2D eigenvalue weighted by Crippen LogP contribution is -2.30. The molecule has 0 heterocycles. The van der Waals surface area contributed by atoms with Gasteiger partial charge in [-0.1, -0.05) is 274 Å². The third-order valence-corrected chi connectivity index (χ3v) is 17.9. The predicted molar refractivity (Wildman–Crippen MR) is 344 cm³/mol. The molecule has 17 nitrogen and oxygen atoms in total. The first-order chi connectivity index (χ1) is 41.2. The van der Waals surface area contributed by atoms with Crippen LogP contribution in [0.4, 0.5) is 0 Å². The van der Waals surface area contributed by atoms with Crippen LogP contribution in [0.1, 0.15) is 325 Å². The van der Waals surface area contributed by atoms with Crippen LogP contribution in [0.2, 0.25) is 0 Å². The summed E-state index contributed by atoms with van der Waals surface area (Å²) in [6.07, 6.45) is 37.9. The van der Waals surface area contributed by atoms with Crippen LogP contribution < -0.4 is 0 Å². The number of unbranched alkanes of at least 4 members (excludes halogenated alkanes) is 28. The third-order valence-electron chi connectivity index (χ3n) is 16.0. The molecule has 0 fully saturated rings. The fourth-order valence-corrected chi connectivity index (χ4v) is 11.5. The van der Waals surface area contributed by atoms with E-state index in [2.05, 4.69) is 55.4 Å². The number of esters is 4. The molecule has 0 spiro atoms. The summed E-state index contributed by atoms with van der Waals surface area (Å²) in [6.45, 7) is 14.0. The van der Waals surface area contributed by atoms with Crippen LogP contribution >= 0.6 is 15.6 Å². The summed E-state index contributed by atoms with van der Waals surface area (Å²) in [6, 6.07) is 0. The number of phosphoric acid groups is 2. The molecule has 0 aliphatic rings. The minimum atomic E-state index is -4.95. The smallest absolute Gasteiger partial charge is 0.462 e. The van der Waals surface area contributed by atoms with Crippen LogP contribution in [0.15, 0.2) is 0 Å². The maximum atomic E-state index is 13.0. The van der Waals surface area contributed by atoms with Crippen LogP contribution in [0.25, 0.3) is 0 Å². The molecule has 0 radical (unpaired) electrons. The summed E-state index contributed by atoms with van der Waals surface area (Å²) in [4.78, 5) is 72.3. The normalized spacial score (nSPS) is 15.0. The van der Waals surface area contributed by atoms with E-state index in [0.717, 1.165) is 114 Å². The van der Waals surface area contributed by atoms with E-state index in [4.69, 9.17) is 37.0 Å². The van der Waals surface area contributed by atoms with Crippen molar-refractivity contribution in [2.75, 3.05) is 39.6 Å². The Balaban J connectivity index is 5.19. The van der Waals surface area contributed by atoms with Gasteiger partial charge in [0.1, 0.15) is 19.3 Å². The third kappa shape index (κ3) is 58.4. The van der Waals surface area contributed by atoms with E-state index in [9.17, 15) is 43.2 Å². The molecule has 0 rings (SSSR count). The van der Waals surface area contributed by atoms with Crippen LogP contribution in [0.5, 0.6) is 0 Å². The second kappa shape index (κ2) is 57.0. The lowest BCUT2D eigenvalue weighted by Gasteiger charge is -2.21. The molecule has 0 aromatic heterocycles. The Morgan fingerprint density at radius 1 is 0.326 bits per heavy atom. The molecule has 3 N–H and O–H groups in total. The van der Waals surface area contributed by atoms with Gasteiger partial charge in [0, 0.05) is 25.7 Å². The van der Waals surface area contributed by atoms with Crippen molar-refractivity contribution in [2.45, 2.75) is 343 Å². The topological polar surface area (TPSA) is 237 Å². The molecule has 0 aliphatic carbocycles. The van der Waals surface area contributed by atoms with E-state index in [1.54, 1.807) is 0 Å². The first-order valence-electron chi connectivity index (χ1n) is 34.8. The Morgan fingerprint density at radius 3 is 0.826 bits per heavy atom. The molecule has 0 aromatic rings. The van der Waals surface area contributed by atoms with Gasteiger partial charge >= 0.3 is 39.5 Å². The lowest BCUT2D eigenvalue weighted by atomic mass is 10.00. The van der Waals surface area contributed by atoms with E-state index < -0.39 is 97.5 Å². The summed E-state index contributed by atoms with van der Waals surface area (Å²) in [7, 11) is -9.89. The number of ether oxygens (including phenoxy) is 4. The number of hydrogen-bond acceptors (Lipinski definition) is 15. The summed E-state index contributed by atoms with van der Waals surface area (Å²) in [5.41, 5.74) is 0. The maximum Gasteiger partial charge on any atom is 0.472 e. The van der Waals surface area contributed by atoms with Crippen molar-refractivity contribution < 1.29 is 80.2 Å². The van der Waals surface area contributed by atoms with Gasteiger partial charge in [-0.05, 0) is 49.4 Å². The first kappa shape index (κ1) is 84.1. The van der Waals surface area contributed by atoms with Crippen molar-refractivity contribution >= 4 is 39.5 Å². The Hall–Kier alpha value is -1.94. The van der Waals surface area contributed by atoms with E-state index >= 15 is 0 Å². The summed E-state index contributed by atoms with van der Waals surface area (Å²) in [5.74, 6) is 0.778. The van der Waals surface area contributed by atoms with Gasteiger partial charge in [0.05, 0.1) is 26.4 Å². The van der Waals surface area contributed by atoms with Crippen LogP contribution in [-0.2, 0) is 65.4 Å². The standard InChI is InChI=1S/C67H130O17P2/c1-9-59(7)45-37-29-22-25-32-40-48-65(70)78-54-63(84-67(72)50-42-34-26-23-30-38-46-60(8)10-2)56-82-86(75,76)80-52-61(68)51-79-85(73,74)81-55-62(83-66(71)49-41-33-24-21-28-36-44-58(5)6)53-77-64(69)47-39-31-20-18-16-14-12-11-13-15-17-19-27-35-43-57(3)4/h57-63,68H,9-56H2,1-8H3,(H,73,74)(H,75,76)/t59?,60?,61-,62-,63-/m1/s1. The second-order valence-electron chi connectivity index (χ2n) is 25.6.